The van der Waals surface area contributed by atoms with Gasteiger partial charge in [-0.1, -0.05) is 212 Å². The largest absolute Gasteiger partial charge is 0.345 e. The third-order valence-electron chi connectivity index (χ3n) is 14.4. The van der Waals surface area contributed by atoms with E-state index in [1.54, 1.807) is 18.2 Å². The maximum atomic E-state index is 13.7. The number of anilines is 8. The van der Waals surface area contributed by atoms with E-state index in [0.717, 1.165) is 33.9 Å². The fourth-order valence-electron chi connectivity index (χ4n) is 9.51. The zero-order valence-electron chi connectivity index (χ0n) is 47.6. The monoisotopic (exact) mass is 1090 g/mol. The van der Waals surface area contributed by atoms with Crippen LogP contribution in [0.3, 0.4) is 0 Å². The molecular weight excluding hydrogens is 1020 g/mol. The smallest absolute Gasteiger partial charge is 0.123 e. The minimum Gasteiger partial charge on any atom is -0.345 e. The molecule has 6 heteroatoms. The lowest BCUT2D eigenvalue weighted by atomic mass is 10.0. The van der Waals surface area contributed by atoms with Crippen molar-refractivity contribution in [2.45, 2.75) is 6.92 Å². The highest BCUT2D eigenvalue weighted by atomic mass is 19.1. The summed E-state index contributed by atoms with van der Waals surface area (Å²) in [6, 6.07) is 107. The third kappa shape index (κ3) is 15.8. The van der Waals surface area contributed by atoms with E-state index >= 15 is 0 Å². The van der Waals surface area contributed by atoms with Gasteiger partial charge in [-0.15, -0.1) is 0 Å². The van der Waals surface area contributed by atoms with Gasteiger partial charge in [0.15, 0.2) is 0 Å². The summed E-state index contributed by atoms with van der Waals surface area (Å²) in [7, 11) is 8.17. The number of rotatable bonds is 12. The summed E-state index contributed by atoms with van der Waals surface area (Å²) in [6.07, 6.45) is 0. The Morgan fingerprint density at radius 2 is 0.506 bits per heavy atom. The van der Waals surface area contributed by atoms with Crippen LogP contribution in [0.5, 0.6) is 0 Å². The number of benzene rings is 12. The number of nitrogens with zero attached hydrogens (tertiary/aromatic N) is 4. The quantitative estimate of drug-likeness (QED) is 0.121. The minimum atomic E-state index is -0.223. The molecule has 12 rings (SSSR count). The second-order valence-corrected chi connectivity index (χ2v) is 20.0. The molecule has 0 radical (unpaired) electrons. The second-order valence-electron chi connectivity index (χ2n) is 20.0. The molecule has 0 aliphatic rings. The maximum Gasteiger partial charge on any atom is 0.123 e. The van der Waals surface area contributed by atoms with Gasteiger partial charge in [0.05, 0.1) is 0 Å². The van der Waals surface area contributed by atoms with Crippen LogP contribution in [0.4, 0.5) is 54.3 Å². The van der Waals surface area contributed by atoms with Crippen molar-refractivity contribution in [3.63, 3.8) is 0 Å². The zero-order chi connectivity index (χ0) is 57.8. The van der Waals surface area contributed by atoms with Crippen LogP contribution in [0.2, 0.25) is 0 Å². The van der Waals surface area contributed by atoms with Crippen molar-refractivity contribution in [1.82, 2.24) is 0 Å². The zero-order valence-corrected chi connectivity index (χ0v) is 47.6. The van der Waals surface area contributed by atoms with Gasteiger partial charge in [-0.05, 0) is 161 Å². The van der Waals surface area contributed by atoms with Crippen LogP contribution in [0.15, 0.2) is 322 Å². The molecular formula is C77H68F2N4. The third-order valence-corrected chi connectivity index (χ3v) is 14.4. The highest BCUT2D eigenvalue weighted by Crippen LogP contribution is 2.36. The first-order chi connectivity index (χ1) is 40.6. The second kappa shape index (κ2) is 28.7. The lowest BCUT2D eigenvalue weighted by Crippen LogP contribution is -2.10. The first-order valence-electron chi connectivity index (χ1n) is 27.8. The molecule has 4 nitrogen and oxygen atoms in total. The Morgan fingerprint density at radius 3 is 0.940 bits per heavy atom. The van der Waals surface area contributed by atoms with E-state index in [9.17, 15) is 8.78 Å². The summed E-state index contributed by atoms with van der Waals surface area (Å²) in [5, 5.41) is 0. The van der Waals surface area contributed by atoms with Gasteiger partial charge >= 0.3 is 0 Å². The average Bonchev–Trinajstić information content (AvgIpc) is 3.75. The molecule has 0 amide bonds. The maximum absolute atomic E-state index is 13.7. The fourth-order valence-corrected chi connectivity index (χ4v) is 9.51. The number of aryl methyl sites for hydroxylation is 1. The predicted octanol–water partition coefficient (Wildman–Crippen LogP) is 21.1. The summed E-state index contributed by atoms with van der Waals surface area (Å²) in [5.41, 5.74) is 19.4. The Hall–Kier alpha value is -10.3. The van der Waals surface area contributed by atoms with E-state index < -0.39 is 0 Å². The van der Waals surface area contributed by atoms with Crippen molar-refractivity contribution in [2.75, 3.05) is 47.8 Å². The van der Waals surface area contributed by atoms with Gasteiger partial charge in [-0.3, -0.25) is 0 Å². The standard InChI is InChI=1S/C25H21N.C19H16FN.C19H17N.C14H14FN/c1-26(24-16-12-22(13-17-24)20-8-4-2-5-9-20)25-18-14-23(15-19-25)21-10-6-3-7-11-21;1-21(17-10-6-3-7-11-17)19-13-12-16(20)14-18(19)15-8-4-2-5-9-15;1-20(18-12-6-3-7-13-18)19-14-8-11-17(15-19)16-9-4-2-5-10-16;1-11-3-7-13(8-4-11)16(2)14-9-5-12(15)6-10-14/h2-19H,1H3;2-14H,1H3;2-15H,1H3;3-10H,1-2H3. The van der Waals surface area contributed by atoms with E-state index in [1.165, 1.54) is 79.9 Å². The Morgan fingerprint density at radius 1 is 0.217 bits per heavy atom. The summed E-state index contributed by atoms with van der Waals surface area (Å²) in [4.78, 5) is 8.51. The Bertz CT molecular complexity index is 3700. The van der Waals surface area contributed by atoms with E-state index in [1.807, 2.05) is 110 Å². The molecule has 0 bridgehead atoms. The van der Waals surface area contributed by atoms with Crippen molar-refractivity contribution in [3.8, 4) is 44.5 Å². The fraction of sp³-hybridized carbons (Fsp3) is 0.0649. The molecule has 0 aliphatic heterocycles. The molecule has 12 aromatic rings. The summed E-state index contributed by atoms with van der Waals surface area (Å²) in [5.74, 6) is -0.430. The number of hydrogen-bond donors (Lipinski definition) is 0. The van der Waals surface area contributed by atoms with Gasteiger partial charge in [0.25, 0.3) is 0 Å². The lowest BCUT2D eigenvalue weighted by molar-refractivity contribution is 0.627. The Kier molecular flexibility index (Phi) is 19.9. The molecule has 0 spiro atoms. The molecule has 0 saturated heterocycles. The minimum absolute atomic E-state index is 0.207. The SMILES string of the molecule is CN(c1ccc(-c2ccccc2)cc1)c1ccc(-c2ccccc2)cc1.CN(c1ccccc1)c1ccc(F)cc1-c1ccccc1.CN(c1ccccc1)c1cccc(-c2ccccc2)c1.Cc1ccc(N(C)c2ccc(F)cc2)cc1. The molecule has 0 heterocycles. The predicted molar refractivity (Wildman–Crippen MR) is 350 cm³/mol. The number of halogens is 2. The van der Waals surface area contributed by atoms with Crippen molar-refractivity contribution in [2.24, 2.45) is 0 Å². The van der Waals surface area contributed by atoms with Crippen LogP contribution >= 0.6 is 0 Å². The van der Waals surface area contributed by atoms with E-state index in [4.69, 9.17) is 0 Å². The van der Waals surface area contributed by atoms with Gasteiger partial charge < -0.3 is 19.6 Å². The van der Waals surface area contributed by atoms with Crippen molar-refractivity contribution >= 4 is 45.5 Å². The number of para-hydroxylation sites is 2. The Balaban J connectivity index is 0.000000135. The highest BCUT2D eigenvalue weighted by molar-refractivity contribution is 5.82. The van der Waals surface area contributed by atoms with Crippen LogP contribution in [-0.4, -0.2) is 28.2 Å². The molecule has 0 atom stereocenters. The average molecular weight is 1090 g/mol. The normalized spacial score (nSPS) is 10.3. The van der Waals surface area contributed by atoms with Gasteiger partial charge in [-0.25, -0.2) is 8.78 Å². The highest BCUT2D eigenvalue weighted by Gasteiger charge is 2.13. The molecule has 410 valence electrons. The van der Waals surface area contributed by atoms with Gasteiger partial charge in [0.2, 0.25) is 0 Å². The molecule has 83 heavy (non-hydrogen) atoms. The molecule has 0 fully saturated rings. The van der Waals surface area contributed by atoms with Crippen LogP contribution in [0, 0.1) is 18.6 Å². The van der Waals surface area contributed by atoms with E-state index in [-0.39, 0.29) is 11.6 Å². The summed E-state index contributed by atoms with van der Waals surface area (Å²) < 4.78 is 26.5. The molecule has 12 aromatic carbocycles. The van der Waals surface area contributed by atoms with Crippen LogP contribution in [-0.2, 0) is 0 Å². The van der Waals surface area contributed by atoms with E-state index in [2.05, 4.69) is 230 Å². The molecule has 0 saturated carbocycles. The van der Waals surface area contributed by atoms with Crippen LogP contribution < -0.4 is 19.6 Å². The first-order valence-corrected chi connectivity index (χ1v) is 27.8. The van der Waals surface area contributed by atoms with Gasteiger partial charge in [0, 0.05) is 79.3 Å². The van der Waals surface area contributed by atoms with Crippen molar-refractivity contribution < 1.29 is 8.78 Å². The molecule has 0 unspecified atom stereocenters. The summed E-state index contributed by atoms with van der Waals surface area (Å²) in [6.45, 7) is 2.06. The number of hydrogen-bond acceptors (Lipinski definition) is 4. The molecule has 0 aliphatic carbocycles. The summed E-state index contributed by atoms with van der Waals surface area (Å²) >= 11 is 0. The van der Waals surface area contributed by atoms with E-state index in [0.29, 0.717) is 0 Å². The van der Waals surface area contributed by atoms with Crippen LogP contribution in [0.25, 0.3) is 44.5 Å². The Labute approximate surface area is 489 Å². The van der Waals surface area contributed by atoms with Crippen molar-refractivity contribution in [3.05, 3.63) is 339 Å². The van der Waals surface area contributed by atoms with Crippen LogP contribution in [0.1, 0.15) is 5.56 Å². The topological polar surface area (TPSA) is 13.0 Å². The molecule has 0 aromatic heterocycles. The van der Waals surface area contributed by atoms with Gasteiger partial charge in [0.1, 0.15) is 11.6 Å². The van der Waals surface area contributed by atoms with Gasteiger partial charge in [-0.2, -0.15) is 0 Å². The lowest BCUT2D eigenvalue weighted by Gasteiger charge is -2.23. The molecule has 0 N–H and O–H groups in total. The van der Waals surface area contributed by atoms with Crippen molar-refractivity contribution in [1.29, 1.82) is 0 Å². The first kappa shape index (κ1) is 57.4.